The first-order valence-electron chi connectivity index (χ1n) is 11.3. The Kier molecular flexibility index (Phi) is 8.61. The van der Waals surface area contributed by atoms with Crippen molar-refractivity contribution in [2.45, 2.75) is 43.9 Å². The summed E-state index contributed by atoms with van der Waals surface area (Å²) in [4.78, 5) is 36.0. The number of nitrogens with one attached hydrogen (secondary N) is 1. The van der Waals surface area contributed by atoms with Crippen LogP contribution in [0.25, 0.3) is 11.0 Å². The summed E-state index contributed by atoms with van der Waals surface area (Å²) in [6.45, 7) is 1.16. The lowest BCUT2D eigenvalue weighted by Crippen LogP contribution is -2.33. The summed E-state index contributed by atoms with van der Waals surface area (Å²) in [6.07, 6.45) is -3.58. The van der Waals surface area contributed by atoms with Gasteiger partial charge in [-0.25, -0.2) is 9.37 Å². The van der Waals surface area contributed by atoms with Gasteiger partial charge in [0, 0.05) is 12.2 Å². The molecule has 6 N–H and O–H groups in total. The van der Waals surface area contributed by atoms with Crippen LogP contribution in [-0.4, -0.2) is 76.3 Å². The Labute approximate surface area is 220 Å². The highest BCUT2D eigenvalue weighted by Crippen LogP contribution is 2.55. The Morgan fingerprint density at radius 1 is 1.21 bits per heavy atom. The molecule has 6 atom stereocenters. The second kappa shape index (κ2) is 11.3. The molecule has 0 saturated carbocycles. The zero-order valence-corrected chi connectivity index (χ0v) is 22.4. The molecule has 2 aromatic heterocycles. The van der Waals surface area contributed by atoms with Crippen LogP contribution in [0.15, 0.2) is 36.5 Å². The molecular formula is C21H26ClFN4O9P2. The third kappa shape index (κ3) is 6.97. The number of hydrogen-bond donors (Lipinski definition) is 6. The Hall–Kier alpha value is -1.96. The van der Waals surface area contributed by atoms with Crippen LogP contribution < -0.4 is 5.32 Å². The van der Waals surface area contributed by atoms with Crippen LogP contribution in [0.5, 0.6) is 0 Å². The summed E-state index contributed by atoms with van der Waals surface area (Å²) >= 11 is 6.15. The fourth-order valence-corrected chi connectivity index (χ4v) is 6.92. The van der Waals surface area contributed by atoms with Crippen molar-refractivity contribution in [3.05, 3.63) is 53.2 Å². The predicted octanol–water partition coefficient (Wildman–Crippen LogP) is 2.22. The van der Waals surface area contributed by atoms with E-state index < -0.39 is 52.2 Å². The Morgan fingerprint density at radius 2 is 1.95 bits per heavy atom. The van der Waals surface area contributed by atoms with Gasteiger partial charge in [-0.3, -0.25) is 9.13 Å². The number of ether oxygens (including phenoxy) is 1. The van der Waals surface area contributed by atoms with Crippen molar-refractivity contribution in [1.29, 1.82) is 0 Å². The Morgan fingerprint density at radius 3 is 2.63 bits per heavy atom. The van der Waals surface area contributed by atoms with E-state index in [1.807, 2.05) is 6.92 Å². The van der Waals surface area contributed by atoms with Crippen molar-refractivity contribution in [1.82, 2.24) is 14.5 Å². The van der Waals surface area contributed by atoms with E-state index in [-0.39, 0.29) is 22.8 Å². The van der Waals surface area contributed by atoms with Gasteiger partial charge in [0.1, 0.15) is 35.6 Å². The zero-order valence-electron chi connectivity index (χ0n) is 19.8. The number of benzene rings is 1. The van der Waals surface area contributed by atoms with Crippen LogP contribution in [0, 0.1) is 5.82 Å². The normalized spacial score (nSPS) is 24.4. The van der Waals surface area contributed by atoms with E-state index in [1.54, 1.807) is 18.2 Å². The number of halogens is 2. The van der Waals surface area contributed by atoms with E-state index in [4.69, 9.17) is 30.6 Å². The first-order chi connectivity index (χ1) is 17.7. The first kappa shape index (κ1) is 29.0. The molecule has 1 unspecified atom stereocenters. The molecule has 17 heteroatoms. The maximum absolute atomic E-state index is 13.5. The minimum Gasteiger partial charge on any atom is -0.387 e. The average molecular weight is 595 g/mol. The van der Waals surface area contributed by atoms with Gasteiger partial charge in [-0.05, 0) is 48.7 Å². The maximum Gasteiger partial charge on any atom is 0.340 e. The summed E-state index contributed by atoms with van der Waals surface area (Å²) in [5, 5.41) is 24.6. The number of nitrogens with zero attached hydrogens (tertiary/aromatic N) is 3. The van der Waals surface area contributed by atoms with Gasteiger partial charge < -0.3 is 44.0 Å². The molecule has 1 saturated heterocycles. The lowest BCUT2D eigenvalue weighted by atomic mass is 10.1. The second-order valence-corrected chi connectivity index (χ2v) is 13.3. The van der Waals surface area contributed by atoms with Crippen LogP contribution in [0.4, 0.5) is 10.2 Å². The van der Waals surface area contributed by atoms with E-state index in [9.17, 15) is 28.6 Å². The molecule has 13 nitrogen and oxygen atoms in total. The van der Waals surface area contributed by atoms with Gasteiger partial charge in [0.25, 0.3) is 0 Å². The first-order valence-corrected chi connectivity index (χ1v) is 15.2. The monoisotopic (exact) mass is 594 g/mol. The fourth-order valence-electron chi connectivity index (χ4n) is 4.18. The average Bonchev–Trinajstić information content (AvgIpc) is 3.32. The third-order valence-corrected chi connectivity index (χ3v) is 9.40. The van der Waals surface area contributed by atoms with E-state index in [1.165, 1.54) is 22.9 Å². The molecule has 0 radical (unpaired) electrons. The molecule has 0 spiro atoms. The summed E-state index contributed by atoms with van der Waals surface area (Å²) < 4.78 is 48.3. The second-order valence-electron chi connectivity index (χ2n) is 8.97. The number of rotatable bonds is 10. The highest BCUT2D eigenvalue weighted by molar-refractivity contribution is 7.70. The van der Waals surface area contributed by atoms with Gasteiger partial charge in [-0.15, -0.1) is 0 Å². The summed E-state index contributed by atoms with van der Waals surface area (Å²) in [5.74, 6) is -1.38. The summed E-state index contributed by atoms with van der Waals surface area (Å²) in [7, 11) is -9.54. The molecule has 4 rings (SSSR count). The number of fused-ring (bicyclic) bond motifs is 1. The van der Waals surface area contributed by atoms with Gasteiger partial charge in [-0.2, -0.15) is 4.98 Å². The SMILES string of the molecule is C[C@@H](Cc1cccc(F)c1)Nc1nc(Cl)nc2c1ccn2[C@@H]1O[C@H](COP(=O)(O)CP(=O)(O)O)[C@@H](O)[C@H]1O. The van der Waals surface area contributed by atoms with E-state index in [2.05, 4.69) is 15.3 Å². The molecule has 1 fully saturated rings. The molecule has 0 amide bonds. The summed E-state index contributed by atoms with van der Waals surface area (Å²) in [6, 6.07) is 7.66. The van der Waals surface area contributed by atoms with Gasteiger partial charge in [0.05, 0.1) is 12.0 Å². The summed E-state index contributed by atoms with van der Waals surface area (Å²) in [5.41, 5.74) is 1.02. The number of hydrogen-bond acceptors (Lipinski definition) is 9. The quantitative estimate of drug-likeness (QED) is 0.148. The molecule has 1 aliphatic rings. The highest BCUT2D eigenvalue weighted by Gasteiger charge is 2.45. The molecular weight excluding hydrogens is 569 g/mol. The highest BCUT2D eigenvalue weighted by atomic mass is 35.5. The molecule has 1 aliphatic heterocycles. The van der Waals surface area contributed by atoms with Gasteiger partial charge >= 0.3 is 15.2 Å². The predicted molar refractivity (Wildman–Crippen MR) is 134 cm³/mol. The zero-order chi connectivity index (χ0) is 27.8. The number of anilines is 1. The van der Waals surface area contributed by atoms with Crippen LogP contribution in [0.3, 0.4) is 0 Å². The van der Waals surface area contributed by atoms with Crippen LogP contribution >= 0.6 is 26.8 Å². The maximum atomic E-state index is 13.5. The van der Waals surface area contributed by atoms with E-state index in [0.29, 0.717) is 17.6 Å². The Balaban J connectivity index is 1.51. The van der Waals surface area contributed by atoms with E-state index >= 15 is 0 Å². The van der Waals surface area contributed by atoms with Crippen LogP contribution in [0.2, 0.25) is 5.28 Å². The molecule has 3 heterocycles. The molecule has 1 aromatic carbocycles. The van der Waals surface area contributed by atoms with Crippen molar-refractivity contribution in [3.63, 3.8) is 0 Å². The molecule has 0 aliphatic carbocycles. The van der Waals surface area contributed by atoms with Gasteiger partial charge in [-0.1, -0.05) is 12.1 Å². The van der Waals surface area contributed by atoms with Crippen molar-refractivity contribution < 1.29 is 47.7 Å². The van der Waals surface area contributed by atoms with Crippen molar-refractivity contribution in [3.8, 4) is 0 Å². The smallest absolute Gasteiger partial charge is 0.340 e. The van der Waals surface area contributed by atoms with Gasteiger partial charge in [0.15, 0.2) is 12.1 Å². The van der Waals surface area contributed by atoms with Crippen LogP contribution in [0.1, 0.15) is 18.7 Å². The minimum absolute atomic E-state index is 0.121. The van der Waals surface area contributed by atoms with E-state index in [0.717, 1.165) is 5.56 Å². The Bertz CT molecular complexity index is 1410. The topological polar surface area (TPSA) is 196 Å². The molecule has 38 heavy (non-hydrogen) atoms. The largest absolute Gasteiger partial charge is 0.387 e. The lowest BCUT2D eigenvalue weighted by Gasteiger charge is -2.19. The van der Waals surface area contributed by atoms with Crippen LogP contribution in [-0.2, 0) is 24.8 Å². The van der Waals surface area contributed by atoms with Crippen molar-refractivity contribution >= 4 is 43.6 Å². The molecule has 3 aromatic rings. The molecule has 0 bridgehead atoms. The third-order valence-electron chi connectivity index (χ3n) is 5.77. The lowest BCUT2D eigenvalue weighted by molar-refractivity contribution is -0.0481. The molecule has 208 valence electrons. The fraction of sp³-hybridized carbons (Fsp3) is 0.429. The number of aromatic nitrogens is 3. The van der Waals surface area contributed by atoms with Crippen molar-refractivity contribution in [2.24, 2.45) is 0 Å². The van der Waals surface area contributed by atoms with Gasteiger partial charge in [0.2, 0.25) is 5.28 Å². The number of aliphatic hydroxyl groups excluding tert-OH is 2. The minimum atomic E-state index is -4.84. The number of aliphatic hydroxyl groups is 2. The standard InChI is InChI=1S/C21H26ClFN4O9P2/c1-11(7-12-3-2-4-13(23)8-12)24-18-14-5-6-27(19(14)26-21(22)25-18)20-17(29)16(28)15(36-20)9-35-38(33,34)10-37(30,31)32/h2-6,8,11,15-17,20,28-29H,7,9-10H2,1H3,(H,33,34)(H,24,25,26)(H2,30,31,32)/t11-,15+,16+,17+,20+/m0/s1. The van der Waals surface area contributed by atoms with Crippen molar-refractivity contribution in [2.75, 3.05) is 17.8 Å².